The second-order valence-electron chi connectivity index (χ2n) is 10.2. The number of hydrogen-bond acceptors (Lipinski definition) is 4. The zero-order valence-electron chi connectivity index (χ0n) is 20.0. The highest BCUT2D eigenvalue weighted by Gasteiger charge is 2.38. The zero-order chi connectivity index (χ0) is 24.5. The minimum absolute atomic E-state index is 0.00901. The first-order chi connectivity index (χ1) is 16.9. The van der Waals surface area contributed by atoms with E-state index < -0.39 is 18.0 Å². The molecule has 0 bridgehead atoms. The second kappa shape index (κ2) is 9.72. The Balaban J connectivity index is 1.14. The molecule has 2 amide bonds. The summed E-state index contributed by atoms with van der Waals surface area (Å²) in [7, 11) is 0. The van der Waals surface area contributed by atoms with Gasteiger partial charge in [-0.3, -0.25) is 9.59 Å². The molecule has 2 fully saturated rings. The number of carbonyl (C=O) groups is 3. The topological polar surface area (TPSA) is 95.9 Å². The number of carboxylic acids is 1. The SMILES string of the molecule is CC1CCN(C(=O)[C@H]2CC[C@@H](NC(=O)OCC3c4ccccc4-c4ccccc43)C2)CC1C(=O)O. The quantitative estimate of drug-likeness (QED) is 0.672. The van der Waals surface area contributed by atoms with Crippen molar-refractivity contribution in [3.63, 3.8) is 0 Å². The van der Waals surface area contributed by atoms with Gasteiger partial charge in [-0.15, -0.1) is 0 Å². The first-order valence-corrected chi connectivity index (χ1v) is 12.6. The summed E-state index contributed by atoms with van der Waals surface area (Å²) >= 11 is 0. The number of fused-ring (bicyclic) bond motifs is 3. The number of likely N-dealkylation sites (tertiary alicyclic amines) is 1. The third kappa shape index (κ3) is 4.64. The van der Waals surface area contributed by atoms with E-state index >= 15 is 0 Å². The van der Waals surface area contributed by atoms with Gasteiger partial charge in [0.15, 0.2) is 0 Å². The lowest BCUT2D eigenvalue weighted by Gasteiger charge is -2.36. The Hall–Kier alpha value is -3.35. The molecule has 184 valence electrons. The van der Waals surface area contributed by atoms with Gasteiger partial charge in [0.25, 0.3) is 0 Å². The molecule has 0 spiro atoms. The number of nitrogens with zero attached hydrogens (tertiary/aromatic N) is 1. The fourth-order valence-electron chi connectivity index (χ4n) is 5.99. The minimum atomic E-state index is -0.837. The monoisotopic (exact) mass is 476 g/mol. The fraction of sp³-hybridized carbons (Fsp3) is 0.464. The van der Waals surface area contributed by atoms with Crippen LogP contribution in [0.4, 0.5) is 4.79 Å². The van der Waals surface area contributed by atoms with E-state index in [1.165, 1.54) is 22.3 Å². The standard InChI is InChI=1S/C28H32N2O5/c1-17-12-13-30(15-24(17)27(32)33)26(31)18-10-11-19(14-18)29-28(34)35-16-25-22-8-4-2-6-20(22)21-7-3-5-9-23(21)25/h2-9,17-19,24-25H,10-16H2,1H3,(H,29,34)(H,32,33)/t17?,18-,19+,24?/m0/s1. The van der Waals surface area contributed by atoms with Crippen molar-refractivity contribution < 1.29 is 24.2 Å². The van der Waals surface area contributed by atoms with Crippen LogP contribution in [0, 0.1) is 17.8 Å². The first kappa shape index (κ1) is 23.4. The summed E-state index contributed by atoms with van der Waals surface area (Å²) in [6.45, 7) is 3.07. The lowest BCUT2D eigenvalue weighted by molar-refractivity contribution is -0.149. The number of alkyl carbamates (subject to hydrolysis) is 1. The van der Waals surface area contributed by atoms with E-state index in [4.69, 9.17) is 4.74 Å². The van der Waals surface area contributed by atoms with Gasteiger partial charge in [0.05, 0.1) is 5.92 Å². The van der Waals surface area contributed by atoms with Gasteiger partial charge in [-0.05, 0) is 53.9 Å². The highest BCUT2D eigenvalue weighted by Crippen LogP contribution is 2.44. The molecule has 1 saturated carbocycles. The maximum absolute atomic E-state index is 13.0. The predicted octanol–water partition coefficient (Wildman–Crippen LogP) is 4.26. The van der Waals surface area contributed by atoms with Gasteiger partial charge in [0, 0.05) is 31.0 Å². The van der Waals surface area contributed by atoms with E-state index in [2.05, 4.69) is 29.6 Å². The fourth-order valence-corrected chi connectivity index (χ4v) is 5.99. The lowest BCUT2D eigenvalue weighted by Crippen LogP contribution is -2.47. The zero-order valence-corrected chi connectivity index (χ0v) is 20.0. The van der Waals surface area contributed by atoms with Crippen LogP contribution in [0.25, 0.3) is 11.1 Å². The van der Waals surface area contributed by atoms with Crippen LogP contribution in [0.5, 0.6) is 0 Å². The Kier molecular flexibility index (Phi) is 6.50. The number of aliphatic carboxylic acids is 1. The van der Waals surface area contributed by atoms with Gasteiger partial charge >= 0.3 is 12.1 Å². The molecule has 0 aromatic heterocycles. The van der Waals surface area contributed by atoms with Gasteiger partial charge in [0.2, 0.25) is 5.91 Å². The average molecular weight is 477 g/mol. The van der Waals surface area contributed by atoms with Gasteiger partial charge in [-0.2, -0.15) is 0 Å². The van der Waals surface area contributed by atoms with Gasteiger partial charge in [0.1, 0.15) is 6.61 Å². The summed E-state index contributed by atoms with van der Waals surface area (Å²) in [5, 5.41) is 12.4. The Labute approximate surface area is 205 Å². The Bertz CT molecular complexity index is 1090. The summed E-state index contributed by atoms with van der Waals surface area (Å²) in [6.07, 6.45) is 2.22. The van der Waals surface area contributed by atoms with Crippen molar-refractivity contribution in [2.45, 2.75) is 44.6 Å². The van der Waals surface area contributed by atoms with Crippen molar-refractivity contribution in [2.24, 2.45) is 17.8 Å². The van der Waals surface area contributed by atoms with Crippen LogP contribution in [0.3, 0.4) is 0 Å². The molecule has 1 saturated heterocycles. The molecular formula is C28H32N2O5. The van der Waals surface area contributed by atoms with Crippen molar-refractivity contribution >= 4 is 18.0 Å². The third-order valence-corrected chi connectivity index (χ3v) is 8.03. The molecule has 2 unspecified atom stereocenters. The van der Waals surface area contributed by atoms with Crippen LogP contribution in [0.15, 0.2) is 48.5 Å². The Morgan fingerprint density at radius 3 is 2.31 bits per heavy atom. The molecule has 5 rings (SSSR count). The maximum atomic E-state index is 13.0. The normalized spacial score (nSPS) is 25.6. The van der Waals surface area contributed by atoms with E-state index in [0.29, 0.717) is 32.2 Å². The number of piperidine rings is 1. The number of amides is 2. The van der Waals surface area contributed by atoms with Gasteiger partial charge < -0.3 is 20.1 Å². The molecule has 35 heavy (non-hydrogen) atoms. The van der Waals surface area contributed by atoms with E-state index in [1.807, 2.05) is 31.2 Å². The highest BCUT2D eigenvalue weighted by molar-refractivity contribution is 5.81. The van der Waals surface area contributed by atoms with Crippen LogP contribution in [-0.2, 0) is 14.3 Å². The summed E-state index contributed by atoms with van der Waals surface area (Å²) in [4.78, 5) is 38.9. The molecule has 0 radical (unpaired) electrons. The first-order valence-electron chi connectivity index (χ1n) is 12.6. The molecule has 2 aliphatic carbocycles. The average Bonchev–Trinajstić information content (AvgIpc) is 3.45. The Morgan fingerprint density at radius 1 is 1.00 bits per heavy atom. The van der Waals surface area contributed by atoms with E-state index in [9.17, 15) is 19.5 Å². The van der Waals surface area contributed by atoms with E-state index in [0.717, 1.165) is 0 Å². The highest BCUT2D eigenvalue weighted by atomic mass is 16.5. The molecular weight excluding hydrogens is 444 g/mol. The molecule has 1 heterocycles. The van der Waals surface area contributed by atoms with Gasteiger partial charge in [-0.1, -0.05) is 55.5 Å². The molecule has 1 aliphatic heterocycles. The molecule has 2 aromatic rings. The van der Waals surface area contributed by atoms with Crippen molar-refractivity contribution in [3.05, 3.63) is 59.7 Å². The van der Waals surface area contributed by atoms with E-state index in [1.54, 1.807) is 4.90 Å². The van der Waals surface area contributed by atoms with Crippen LogP contribution in [-0.4, -0.2) is 53.7 Å². The number of rotatable bonds is 5. The Morgan fingerprint density at radius 2 is 1.66 bits per heavy atom. The van der Waals surface area contributed by atoms with E-state index in [-0.39, 0.29) is 42.9 Å². The number of benzene rings is 2. The molecule has 7 nitrogen and oxygen atoms in total. The van der Waals surface area contributed by atoms with Crippen molar-refractivity contribution in [1.29, 1.82) is 0 Å². The number of hydrogen-bond donors (Lipinski definition) is 2. The minimum Gasteiger partial charge on any atom is -0.481 e. The van der Waals surface area contributed by atoms with Crippen molar-refractivity contribution in [2.75, 3.05) is 19.7 Å². The second-order valence-corrected chi connectivity index (χ2v) is 10.2. The van der Waals surface area contributed by atoms with Gasteiger partial charge in [-0.25, -0.2) is 4.79 Å². The predicted molar refractivity (Wildman–Crippen MR) is 131 cm³/mol. The lowest BCUT2D eigenvalue weighted by atomic mass is 9.86. The molecule has 4 atom stereocenters. The van der Waals surface area contributed by atoms with Crippen LogP contribution < -0.4 is 5.32 Å². The summed E-state index contributed by atoms with van der Waals surface area (Å²) in [5.41, 5.74) is 4.71. The van der Waals surface area contributed by atoms with Crippen LogP contribution >= 0.6 is 0 Å². The number of carbonyl (C=O) groups excluding carboxylic acids is 2. The summed E-state index contributed by atoms with van der Waals surface area (Å²) < 4.78 is 5.66. The van der Waals surface area contributed by atoms with Crippen LogP contribution in [0.2, 0.25) is 0 Å². The molecule has 2 aromatic carbocycles. The molecule has 3 aliphatic rings. The summed E-state index contributed by atoms with van der Waals surface area (Å²) in [6, 6.07) is 16.3. The largest absolute Gasteiger partial charge is 0.481 e. The summed E-state index contributed by atoms with van der Waals surface area (Å²) in [5.74, 6) is -1.44. The number of ether oxygens (including phenoxy) is 1. The van der Waals surface area contributed by atoms with Crippen molar-refractivity contribution in [1.82, 2.24) is 10.2 Å². The van der Waals surface area contributed by atoms with Crippen molar-refractivity contribution in [3.8, 4) is 11.1 Å². The molecule has 7 heteroatoms. The number of nitrogens with one attached hydrogen (secondary N) is 1. The third-order valence-electron chi connectivity index (χ3n) is 8.03. The number of carboxylic acid groups (broad SMARTS) is 1. The van der Waals surface area contributed by atoms with Crippen LogP contribution in [0.1, 0.15) is 49.7 Å². The maximum Gasteiger partial charge on any atom is 0.407 e. The molecule has 2 N–H and O–H groups in total. The smallest absolute Gasteiger partial charge is 0.407 e.